The smallest absolute Gasteiger partial charge is 0.139 e. The number of rotatable bonds is 5. The lowest BCUT2D eigenvalue weighted by molar-refractivity contribution is 0.173. The van der Waals surface area contributed by atoms with Crippen LogP contribution >= 0.6 is 15.9 Å². The maximum absolute atomic E-state index is 9.37. The van der Waals surface area contributed by atoms with Gasteiger partial charge in [0.05, 0.1) is 6.61 Å². The standard InChI is InChI=1S/C16H18BrNO2/c1-11(18)16(12-6-4-7-14(17)9-12)20-15-8-3-2-5-13(15)10-19/h2-9,11,16,19H,10,18H2,1H3. The van der Waals surface area contributed by atoms with Crippen LogP contribution in [0.3, 0.4) is 0 Å². The molecule has 0 radical (unpaired) electrons. The van der Waals surface area contributed by atoms with Crippen molar-refractivity contribution in [2.45, 2.75) is 25.7 Å². The topological polar surface area (TPSA) is 55.5 Å². The highest BCUT2D eigenvalue weighted by Crippen LogP contribution is 2.28. The normalized spacial score (nSPS) is 13.8. The molecule has 0 saturated heterocycles. The van der Waals surface area contributed by atoms with Gasteiger partial charge >= 0.3 is 0 Å². The predicted octanol–water partition coefficient (Wildman–Crippen LogP) is 3.41. The lowest BCUT2D eigenvalue weighted by atomic mass is 10.0. The number of aliphatic hydroxyl groups is 1. The summed E-state index contributed by atoms with van der Waals surface area (Å²) in [7, 11) is 0. The van der Waals surface area contributed by atoms with Gasteiger partial charge in [-0.3, -0.25) is 0 Å². The van der Waals surface area contributed by atoms with E-state index in [2.05, 4.69) is 15.9 Å². The van der Waals surface area contributed by atoms with Gasteiger partial charge in [-0.15, -0.1) is 0 Å². The molecular formula is C16H18BrNO2. The van der Waals surface area contributed by atoms with Crippen LogP contribution in [0.25, 0.3) is 0 Å². The van der Waals surface area contributed by atoms with Gasteiger partial charge in [0.1, 0.15) is 11.9 Å². The number of benzene rings is 2. The molecule has 0 amide bonds. The Morgan fingerprint density at radius 3 is 2.60 bits per heavy atom. The van der Waals surface area contributed by atoms with Crippen molar-refractivity contribution in [3.63, 3.8) is 0 Å². The summed E-state index contributed by atoms with van der Waals surface area (Å²) < 4.78 is 7.02. The van der Waals surface area contributed by atoms with Crippen LogP contribution in [0.2, 0.25) is 0 Å². The second-order valence-electron chi connectivity index (χ2n) is 4.72. The fraction of sp³-hybridized carbons (Fsp3) is 0.250. The van der Waals surface area contributed by atoms with E-state index in [0.29, 0.717) is 5.75 Å². The molecule has 3 N–H and O–H groups in total. The Balaban J connectivity index is 2.31. The van der Waals surface area contributed by atoms with Crippen LogP contribution in [-0.2, 0) is 6.61 Å². The maximum atomic E-state index is 9.37. The summed E-state index contributed by atoms with van der Waals surface area (Å²) in [5, 5.41) is 9.37. The van der Waals surface area contributed by atoms with Crippen LogP contribution in [0.1, 0.15) is 24.2 Å². The SMILES string of the molecule is CC(N)C(Oc1ccccc1CO)c1cccc(Br)c1. The van der Waals surface area contributed by atoms with Crippen LogP contribution < -0.4 is 10.5 Å². The third kappa shape index (κ3) is 3.60. The molecule has 0 heterocycles. The van der Waals surface area contributed by atoms with E-state index in [1.165, 1.54) is 0 Å². The summed E-state index contributed by atoms with van der Waals surface area (Å²) in [5.74, 6) is 0.664. The molecule has 0 bridgehead atoms. The van der Waals surface area contributed by atoms with Crippen LogP contribution in [-0.4, -0.2) is 11.1 Å². The molecule has 0 aliphatic heterocycles. The van der Waals surface area contributed by atoms with Crippen LogP contribution in [0.15, 0.2) is 53.0 Å². The summed E-state index contributed by atoms with van der Waals surface area (Å²) in [4.78, 5) is 0. The molecule has 2 rings (SSSR count). The van der Waals surface area contributed by atoms with E-state index < -0.39 is 0 Å². The van der Waals surface area contributed by atoms with Crippen molar-refractivity contribution in [1.82, 2.24) is 0 Å². The van der Waals surface area contributed by atoms with Crippen molar-refractivity contribution in [3.05, 3.63) is 64.1 Å². The minimum atomic E-state index is -0.264. The average Bonchev–Trinajstić information content (AvgIpc) is 2.44. The van der Waals surface area contributed by atoms with Crippen molar-refractivity contribution < 1.29 is 9.84 Å². The molecule has 4 heteroatoms. The molecule has 3 nitrogen and oxygen atoms in total. The largest absolute Gasteiger partial charge is 0.484 e. The fourth-order valence-corrected chi connectivity index (χ4v) is 2.47. The number of para-hydroxylation sites is 1. The highest BCUT2D eigenvalue weighted by atomic mass is 79.9. The molecule has 0 aliphatic carbocycles. The Hall–Kier alpha value is -1.36. The molecule has 2 unspecified atom stereocenters. The Labute approximate surface area is 127 Å². The monoisotopic (exact) mass is 335 g/mol. The zero-order valence-electron chi connectivity index (χ0n) is 11.3. The quantitative estimate of drug-likeness (QED) is 0.880. The van der Waals surface area contributed by atoms with Crippen LogP contribution in [0.5, 0.6) is 5.75 Å². The van der Waals surface area contributed by atoms with Gasteiger partial charge in [-0.05, 0) is 30.7 Å². The molecule has 0 aromatic heterocycles. The first kappa shape index (κ1) is 15.0. The van der Waals surface area contributed by atoms with E-state index in [1.54, 1.807) is 0 Å². The molecular weight excluding hydrogens is 318 g/mol. The zero-order chi connectivity index (χ0) is 14.5. The Morgan fingerprint density at radius 2 is 1.95 bits per heavy atom. The lowest BCUT2D eigenvalue weighted by Crippen LogP contribution is -2.29. The molecule has 106 valence electrons. The summed E-state index contributed by atoms with van der Waals surface area (Å²) in [6.07, 6.45) is -0.264. The first-order valence-corrected chi connectivity index (χ1v) is 7.27. The molecule has 2 atom stereocenters. The number of halogens is 1. The molecule has 2 aromatic carbocycles. The predicted molar refractivity (Wildman–Crippen MR) is 83.5 cm³/mol. The van der Waals surface area contributed by atoms with Gasteiger partial charge in [-0.1, -0.05) is 46.3 Å². The highest BCUT2D eigenvalue weighted by Gasteiger charge is 2.19. The van der Waals surface area contributed by atoms with Crippen molar-refractivity contribution >= 4 is 15.9 Å². The first-order valence-electron chi connectivity index (χ1n) is 6.48. The fourth-order valence-electron chi connectivity index (χ4n) is 2.05. The maximum Gasteiger partial charge on any atom is 0.139 e. The van der Waals surface area contributed by atoms with Crippen molar-refractivity contribution in [2.75, 3.05) is 0 Å². The van der Waals surface area contributed by atoms with Gasteiger partial charge in [0.25, 0.3) is 0 Å². The van der Waals surface area contributed by atoms with Crippen molar-refractivity contribution in [3.8, 4) is 5.75 Å². The highest BCUT2D eigenvalue weighted by molar-refractivity contribution is 9.10. The molecule has 2 aromatic rings. The Kier molecular flexibility index (Phi) is 5.17. The number of aliphatic hydroxyl groups excluding tert-OH is 1. The van der Waals surface area contributed by atoms with E-state index in [9.17, 15) is 5.11 Å². The Morgan fingerprint density at radius 1 is 1.20 bits per heavy atom. The van der Waals surface area contributed by atoms with Gasteiger partial charge in [0.2, 0.25) is 0 Å². The average molecular weight is 336 g/mol. The summed E-state index contributed by atoms with van der Waals surface area (Å²) in [5.41, 5.74) is 7.81. The van der Waals surface area contributed by atoms with Crippen molar-refractivity contribution in [1.29, 1.82) is 0 Å². The third-order valence-electron chi connectivity index (χ3n) is 3.05. The molecule has 0 fully saturated rings. The molecule has 20 heavy (non-hydrogen) atoms. The lowest BCUT2D eigenvalue weighted by Gasteiger charge is -2.24. The first-order chi connectivity index (χ1) is 9.61. The van der Waals surface area contributed by atoms with Gasteiger partial charge in [0, 0.05) is 16.1 Å². The summed E-state index contributed by atoms with van der Waals surface area (Å²) >= 11 is 3.46. The summed E-state index contributed by atoms with van der Waals surface area (Å²) in [6, 6.07) is 15.2. The van der Waals surface area contributed by atoms with E-state index in [4.69, 9.17) is 10.5 Å². The minimum Gasteiger partial charge on any atom is -0.484 e. The second-order valence-corrected chi connectivity index (χ2v) is 5.63. The number of hydrogen-bond acceptors (Lipinski definition) is 3. The van der Waals surface area contributed by atoms with Crippen LogP contribution in [0.4, 0.5) is 0 Å². The minimum absolute atomic E-state index is 0.0552. The van der Waals surface area contributed by atoms with Gasteiger partial charge < -0.3 is 15.6 Å². The Bertz CT molecular complexity index is 572. The van der Waals surface area contributed by atoms with Gasteiger partial charge in [-0.2, -0.15) is 0 Å². The third-order valence-corrected chi connectivity index (χ3v) is 3.54. The van der Waals surface area contributed by atoms with Crippen molar-refractivity contribution in [2.24, 2.45) is 5.73 Å². The second kappa shape index (κ2) is 6.88. The molecule has 0 aliphatic rings. The molecule has 0 saturated carbocycles. The van der Waals surface area contributed by atoms with E-state index in [1.807, 2.05) is 55.5 Å². The van der Waals surface area contributed by atoms with Gasteiger partial charge in [0.15, 0.2) is 0 Å². The van der Waals surface area contributed by atoms with E-state index >= 15 is 0 Å². The number of nitrogens with two attached hydrogens (primary N) is 1. The van der Waals surface area contributed by atoms with E-state index in [-0.39, 0.29) is 18.8 Å². The number of ether oxygens (including phenoxy) is 1. The van der Waals surface area contributed by atoms with E-state index in [0.717, 1.165) is 15.6 Å². The number of hydrogen-bond donors (Lipinski definition) is 2. The zero-order valence-corrected chi connectivity index (χ0v) is 12.9. The molecule has 0 spiro atoms. The van der Waals surface area contributed by atoms with Gasteiger partial charge in [-0.25, -0.2) is 0 Å². The van der Waals surface area contributed by atoms with Crippen LogP contribution in [0, 0.1) is 0 Å². The summed E-state index contributed by atoms with van der Waals surface area (Å²) in [6.45, 7) is 1.85.